The van der Waals surface area contributed by atoms with E-state index in [1.165, 1.54) is 0 Å². The Balaban J connectivity index is 1.48. The number of hydrogen-bond donors (Lipinski definition) is 1. The van der Waals surface area contributed by atoms with Gasteiger partial charge in [-0.05, 0) is 59.0 Å². The quantitative estimate of drug-likeness (QED) is 0.750. The highest BCUT2D eigenvalue weighted by molar-refractivity contribution is 9.10. The Labute approximate surface area is 167 Å². The number of carbonyl (C=O) groups is 1. The molecule has 2 aromatic rings. The Morgan fingerprint density at radius 3 is 2.37 bits per heavy atom. The zero-order valence-corrected chi connectivity index (χ0v) is 17.1. The molecule has 1 aliphatic rings. The summed E-state index contributed by atoms with van der Waals surface area (Å²) >= 11 is 3.27. The number of nitrogens with zero attached hydrogens (tertiary/aromatic N) is 1. The number of amides is 1. The predicted molar refractivity (Wildman–Crippen MR) is 106 cm³/mol. The molecule has 8 heteroatoms. The topological polar surface area (TPSA) is 75.7 Å². The molecule has 0 atom stereocenters. The molecule has 2 aromatic carbocycles. The summed E-state index contributed by atoms with van der Waals surface area (Å²) in [5.41, 5.74) is 0. The van der Waals surface area contributed by atoms with Crippen LogP contribution in [0.1, 0.15) is 12.8 Å². The van der Waals surface area contributed by atoms with Gasteiger partial charge < -0.3 is 9.64 Å². The minimum absolute atomic E-state index is 0.183. The maximum absolute atomic E-state index is 12.4. The van der Waals surface area contributed by atoms with E-state index in [1.807, 2.05) is 18.2 Å². The number of halogens is 1. The molecule has 1 aliphatic heterocycles. The van der Waals surface area contributed by atoms with Crippen LogP contribution in [-0.2, 0) is 10.0 Å². The molecule has 0 unspecified atom stereocenters. The molecule has 0 spiro atoms. The Morgan fingerprint density at radius 2 is 1.70 bits per heavy atom. The van der Waals surface area contributed by atoms with Crippen LogP contribution in [0.5, 0.6) is 5.75 Å². The molecule has 0 aliphatic carbocycles. The third kappa shape index (κ3) is 5.31. The van der Waals surface area contributed by atoms with Crippen molar-refractivity contribution in [2.24, 2.45) is 5.92 Å². The maximum atomic E-state index is 12.4. The Bertz CT molecular complexity index is 882. The Kier molecular flexibility index (Phi) is 6.51. The summed E-state index contributed by atoms with van der Waals surface area (Å²) in [5.74, 6) is 0.703. The SMILES string of the molecule is O=C(Oc1ccccc1)N1CCC(CNS(=O)(=O)c2ccccc2Br)CC1. The number of hydrogen-bond acceptors (Lipinski definition) is 4. The number of ether oxygens (including phenoxy) is 1. The van der Waals surface area contributed by atoms with E-state index in [0.29, 0.717) is 29.9 Å². The van der Waals surface area contributed by atoms with Crippen molar-refractivity contribution in [2.45, 2.75) is 17.7 Å². The molecule has 0 radical (unpaired) electrons. The molecule has 0 aromatic heterocycles. The molecule has 1 saturated heterocycles. The van der Waals surface area contributed by atoms with Crippen molar-refractivity contribution in [3.8, 4) is 5.75 Å². The van der Waals surface area contributed by atoms with Gasteiger partial charge in [0.1, 0.15) is 5.75 Å². The smallest absolute Gasteiger partial charge is 0.410 e. The van der Waals surface area contributed by atoms with Crippen LogP contribution in [0.2, 0.25) is 0 Å². The second-order valence-corrected chi connectivity index (χ2v) is 8.98. The van der Waals surface area contributed by atoms with Crippen molar-refractivity contribution in [2.75, 3.05) is 19.6 Å². The minimum Gasteiger partial charge on any atom is -0.410 e. The number of likely N-dealkylation sites (tertiary alicyclic amines) is 1. The second-order valence-electron chi connectivity index (χ2n) is 6.39. The maximum Gasteiger partial charge on any atom is 0.415 e. The fourth-order valence-electron chi connectivity index (χ4n) is 2.94. The molecule has 3 rings (SSSR count). The average Bonchev–Trinajstić information content (AvgIpc) is 2.68. The van der Waals surface area contributed by atoms with Crippen molar-refractivity contribution >= 4 is 32.0 Å². The third-order valence-electron chi connectivity index (χ3n) is 4.51. The largest absolute Gasteiger partial charge is 0.415 e. The molecule has 0 saturated carbocycles. The summed E-state index contributed by atoms with van der Waals surface area (Å²) in [5, 5.41) is 0. The van der Waals surface area contributed by atoms with E-state index in [2.05, 4.69) is 20.7 Å². The summed E-state index contributed by atoms with van der Waals surface area (Å²) in [7, 11) is -3.56. The number of nitrogens with one attached hydrogen (secondary N) is 1. The first-order valence-electron chi connectivity index (χ1n) is 8.72. The van der Waals surface area contributed by atoms with Crippen LogP contribution in [0.25, 0.3) is 0 Å². The molecule has 0 bridgehead atoms. The molecular formula is C19H21BrN2O4S. The molecule has 1 heterocycles. The normalized spacial score (nSPS) is 15.5. The number of rotatable bonds is 5. The van der Waals surface area contributed by atoms with Gasteiger partial charge in [-0.25, -0.2) is 17.9 Å². The lowest BCUT2D eigenvalue weighted by Crippen LogP contribution is -2.42. The van der Waals surface area contributed by atoms with Gasteiger partial charge in [-0.15, -0.1) is 0 Å². The predicted octanol–water partition coefficient (Wildman–Crippen LogP) is 3.64. The van der Waals surface area contributed by atoms with Gasteiger partial charge in [0.05, 0.1) is 4.90 Å². The molecule has 6 nitrogen and oxygen atoms in total. The molecule has 1 fully saturated rings. The number of carbonyl (C=O) groups excluding carboxylic acids is 1. The first-order chi connectivity index (χ1) is 13.0. The van der Waals surface area contributed by atoms with Crippen molar-refractivity contribution in [1.29, 1.82) is 0 Å². The van der Waals surface area contributed by atoms with Crippen LogP contribution in [-0.4, -0.2) is 39.0 Å². The monoisotopic (exact) mass is 452 g/mol. The van der Waals surface area contributed by atoms with E-state index in [4.69, 9.17) is 4.74 Å². The second kappa shape index (κ2) is 8.86. The van der Waals surface area contributed by atoms with E-state index in [0.717, 1.165) is 12.8 Å². The van der Waals surface area contributed by atoms with E-state index in [-0.39, 0.29) is 16.9 Å². The third-order valence-corrected chi connectivity index (χ3v) is 6.94. The summed E-state index contributed by atoms with van der Waals surface area (Å²) in [6.45, 7) is 1.45. The van der Waals surface area contributed by atoms with E-state index < -0.39 is 10.0 Å². The minimum atomic E-state index is -3.56. The van der Waals surface area contributed by atoms with Crippen LogP contribution >= 0.6 is 15.9 Å². The molecule has 1 amide bonds. The van der Waals surface area contributed by atoms with Gasteiger partial charge in [-0.3, -0.25) is 0 Å². The lowest BCUT2D eigenvalue weighted by molar-refractivity contribution is 0.131. The van der Waals surface area contributed by atoms with Gasteiger partial charge in [0, 0.05) is 24.1 Å². The lowest BCUT2D eigenvalue weighted by atomic mass is 9.97. The van der Waals surface area contributed by atoms with Crippen LogP contribution in [0.15, 0.2) is 64.0 Å². The number of sulfonamides is 1. The lowest BCUT2D eigenvalue weighted by Gasteiger charge is -2.31. The molecule has 1 N–H and O–H groups in total. The van der Waals surface area contributed by atoms with Crippen molar-refractivity contribution < 1.29 is 17.9 Å². The Hall–Kier alpha value is -1.90. The molecular weight excluding hydrogens is 432 g/mol. The van der Waals surface area contributed by atoms with Crippen molar-refractivity contribution in [3.05, 3.63) is 59.1 Å². The number of benzene rings is 2. The van der Waals surface area contributed by atoms with Crippen LogP contribution in [0.4, 0.5) is 4.79 Å². The molecule has 27 heavy (non-hydrogen) atoms. The van der Waals surface area contributed by atoms with Crippen LogP contribution in [0, 0.1) is 5.92 Å². The fraction of sp³-hybridized carbons (Fsp3) is 0.316. The standard InChI is InChI=1S/C19H21BrN2O4S/c20-17-8-4-5-9-18(17)27(24,25)21-14-15-10-12-22(13-11-15)19(23)26-16-6-2-1-3-7-16/h1-9,15,21H,10-14H2. The van der Waals surface area contributed by atoms with Gasteiger partial charge in [0.15, 0.2) is 0 Å². The first kappa shape index (κ1) is 19.9. The van der Waals surface area contributed by atoms with Crippen LogP contribution < -0.4 is 9.46 Å². The van der Waals surface area contributed by atoms with E-state index in [1.54, 1.807) is 41.3 Å². The van der Waals surface area contributed by atoms with Gasteiger partial charge in [-0.1, -0.05) is 30.3 Å². The van der Waals surface area contributed by atoms with E-state index >= 15 is 0 Å². The summed E-state index contributed by atoms with van der Waals surface area (Å²) in [6, 6.07) is 15.7. The number of para-hydroxylation sites is 1. The number of piperidine rings is 1. The average molecular weight is 453 g/mol. The van der Waals surface area contributed by atoms with Gasteiger partial charge in [0.25, 0.3) is 0 Å². The van der Waals surface area contributed by atoms with Crippen LogP contribution in [0.3, 0.4) is 0 Å². The highest BCUT2D eigenvalue weighted by Crippen LogP contribution is 2.22. The Morgan fingerprint density at radius 1 is 1.07 bits per heavy atom. The zero-order valence-electron chi connectivity index (χ0n) is 14.7. The summed E-state index contributed by atoms with van der Waals surface area (Å²) in [6.07, 6.45) is 1.08. The first-order valence-corrected chi connectivity index (χ1v) is 11.0. The van der Waals surface area contributed by atoms with E-state index in [9.17, 15) is 13.2 Å². The van der Waals surface area contributed by atoms with Gasteiger partial charge >= 0.3 is 6.09 Å². The van der Waals surface area contributed by atoms with Crippen molar-refractivity contribution in [3.63, 3.8) is 0 Å². The summed E-state index contributed by atoms with van der Waals surface area (Å²) < 4.78 is 33.5. The molecule has 144 valence electrons. The summed E-state index contributed by atoms with van der Waals surface area (Å²) in [4.78, 5) is 14.1. The highest BCUT2D eigenvalue weighted by atomic mass is 79.9. The fourth-order valence-corrected chi connectivity index (χ4v) is 5.06. The van der Waals surface area contributed by atoms with Gasteiger partial charge in [0.2, 0.25) is 10.0 Å². The highest BCUT2D eigenvalue weighted by Gasteiger charge is 2.26. The zero-order chi connectivity index (χ0) is 19.3. The van der Waals surface area contributed by atoms with Gasteiger partial charge in [-0.2, -0.15) is 0 Å². The van der Waals surface area contributed by atoms with Crippen molar-refractivity contribution in [1.82, 2.24) is 9.62 Å².